The second-order valence-corrected chi connectivity index (χ2v) is 8.06. The molecular formula is C24H22FN3O4. The Morgan fingerprint density at radius 2 is 1.91 bits per heavy atom. The van der Waals surface area contributed by atoms with E-state index in [9.17, 15) is 14.0 Å². The number of hydrogen-bond acceptors (Lipinski definition) is 5. The summed E-state index contributed by atoms with van der Waals surface area (Å²) in [6.07, 6.45) is 0.761. The average Bonchev–Trinajstić information content (AvgIpc) is 3.42. The monoisotopic (exact) mass is 435 g/mol. The summed E-state index contributed by atoms with van der Waals surface area (Å²) >= 11 is 0. The van der Waals surface area contributed by atoms with Gasteiger partial charge in [-0.05, 0) is 48.5 Å². The number of fused-ring (bicyclic) bond motifs is 1. The normalized spacial score (nSPS) is 18.1. The molecular weight excluding hydrogens is 413 g/mol. The molecule has 8 heteroatoms. The average molecular weight is 435 g/mol. The van der Waals surface area contributed by atoms with Crippen LogP contribution in [0.1, 0.15) is 17.7 Å². The first-order chi connectivity index (χ1) is 15.5. The van der Waals surface area contributed by atoms with E-state index in [1.807, 2.05) is 12.1 Å². The van der Waals surface area contributed by atoms with Crippen molar-refractivity contribution in [2.24, 2.45) is 5.92 Å². The Kier molecular flexibility index (Phi) is 5.13. The van der Waals surface area contributed by atoms with Crippen LogP contribution >= 0.6 is 0 Å². The van der Waals surface area contributed by atoms with Crippen LogP contribution in [0.2, 0.25) is 0 Å². The molecule has 0 radical (unpaired) electrons. The van der Waals surface area contributed by atoms with Gasteiger partial charge in [0.15, 0.2) is 5.76 Å². The third-order valence-electron chi connectivity index (χ3n) is 6.11. The predicted molar refractivity (Wildman–Crippen MR) is 114 cm³/mol. The molecule has 32 heavy (non-hydrogen) atoms. The number of carbonyl (C=O) groups is 2. The molecule has 0 aliphatic carbocycles. The maximum absolute atomic E-state index is 13.3. The van der Waals surface area contributed by atoms with Crippen molar-refractivity contribution in [1.82, 2.24) is 10.1 Å². The number of rotatable bonds is 4. The van der Waals surface area contributed by atoms with Crippen LogP contribution in [0, 0.1) is 11.7 Å². The van der Waals surface area contributed by atoms with Crippen molar-refractivity contribution in [2.45, 2.75) is 19.4 Å². The number of benzene rings is 2. The van der Waals surface area contributed by atoms with E-state index in [1.54, 1.807) is 41.2 Å². The SMILES string of the molecule is COc1ccc(N2CC(C(=O)N3CCc4noc(-c5ccc(F)cc5)c4C3)CC2=O)cc1. The summed E-state index contributed by atoms with van der Waals surface area (Å²) in [6.45, 7) is 1.23. The third kappa shape index (κ3) is 3.62. The fourth-order valence-corrected chi connectivity index (χ4v) is 4.37. The van der Waals surface area contributed by atoms with Crippen molar-refractivity contribution >= 4 is 17.5 Å². The van der Waals surface area contributed by atoms with Gasteiger partial charge in [0.2, 0.25) is 11.8 Å². The van der Waals surface area contributed by atoms with Gasteiger partial charge in [0.05, 0.1) is 25.3 Å². The number of anilines is 1. The Hall–Kier alpha value is -3.68. The van der Waals surface area contributed by atoms with Crippen LogP contribution in [0.3, 0.4) is 0 Å². The first-order valence-corrected chi connectivity index (χ1v) is 10.5. The molecule has 2 amide bonds. The van der Waals surface area contributed by atoms with Gasteiger partial charge in [-0.3, -0.25) is 9.59 Å². The Morgan fingerprint density at radius 1 is 1.16 bits per heavy atom. The fraction of sp³-hybridized carbons (Fsp3) is 0.292. The summed E-state index contributed by atoms with van der Waals surface area (Å²) in [5.74, 6) is 0.420. The molecule has 164 valence electrons. The summed E-state index contributed by atoms with van der Waals surface area (Å²) in [4.78, 5) is 29.3. The minimum absolute atomic E-state index is 0.0498. The first kappa shape index (κ1) is 20.2. The minimum atomic E-state index is -0.403. The Morgan fingerprint density at radius 3 is 2.62 bits per heavy atom. The standard InChI is InChI=1S/C24H22FN3O4/c1-31-19-8-6-18(7-9-19)28-13-16(12-22(28)29)24(30)27-11-10-21-20(14-27)23(32-26-21)15-2-4-17(25)5-3-15/h2-9,16H,10-14H2,1H3. The van der Waals surface area contributed by atoms with Gasteiger partial charge in [0.1, 0.15) is 11.6 Å². The maximum Gasteiger partial charge on any atom is 0.228 e. The number of hydrogen-bond donors (Lipinski definition) is 0. The summed E-state index contributed by atoms with van der Waals surface area (Å²) in [6, 6.07) is 13.3. The molecule has 0 N–H and O–H groups in total. The Bertz CT molecular complexity index is 1160. The number of carbonyl (C=O) groups excluding carboxylic acids is 2. The Labute approximate surface area is 184 Å². The van der Waals surface area contributed by atoms with Crippen molar-refractivity contribution in [1.29, 1.82) is 0 Å². The van der Waals surface area contributed by atoms with Gasteiger partial charge in [0.25, 0.3) is 0 Å². The van der Waals surface area contributed by atoms with Crippen molar-refractivity contribution in [3.63, 3.8) is 0 Å². The number of nitrogens with zero attached hydrogens (tertiary/aromatic N) is 3. The van der Waals surface area contributed by atoms with E-state index in [0.29, 0.717) is 37.6 Å². The number of methoxy groups -OCH3 is 1. The molecule has 2 aromatic carbocycles. The largest absolute Gasteiger partial charge is 0.497 e. The highest BCUT2D eigenvalue weighted by molar-refractivity contribution is 6.00. The van der Waals surface area contributed by atoms with Crippen LogP contribution in [0.5, 0.6) is 5.75 Å². The third-order valence-corrected chi connectivity index (χ3v) is 6.11. The summed E-state index contributed by atoms with van der Waals surface area (Å²) in [5.41, 5.74) is 3.13. The zero-order chi connectivity index (χ0) is 22.2. The smallest absolute Gasteiger partial charge is 0.228 e. The molecule has 1 saturated heterocycles. The van der Waals surface area contributed by atoms with Gasteiger partial charge in [-0.15, -0.1) is 0 Å². The van der Waals surface area contributed by atoms with E-state index in [0.717, 1.165) is 22.5 Å². The van der Waals surface area contributed by atoms with E-state index in [4.69, 9.17) is 9.26 Å². The lowest BCUT2D eigenvalue weighted by atomic mass is 9.99. The molecule has 0 bridgehead atoms. The minimum Gasteiger partial charge on any atom is -0.497 e. The fourth-order valence-electron chi connectivity index (χ4n) is 4.37. The lowest BCUT2D eigenvalue weighted by Gasteiger charge is -2.28. The zero-order valence-corrected chi connectivity index (χ0v) is 17.6. The quantitative estimate of drug-likeness (QED) is 0.628. The van der Waals surface area contributed by atoms with Gasteiger partial charge in [-0.1, -0.05) is 5.16 Å². The van der Waals surface area contributed by atoms with Crippen LogP contribution in [-0.4, -0.2) is 42.1 Å². The molecule has 0 spiro atoms. The lowest BCUT2D eigenvalue weighted by Crippen LogP contribution is -2.40. The molecule has 3 aromatic rings. The summed E-state index contributed by atoms with van der Waals surface area (Å²) in [7, 11) is 1.59. The summed E-state index contributed by atoms with van der Waals surface area (Å²) in [5, 5.41) is 4.15. The van der Waals surface area contributed by atoms with E-state index in [1.165, 1.54) is 12.1 Å². The Balaban J connectivity index is 1.31. The van der Waals surface area contributed by atoms with E-state index < -0.39 is 5.92 Å². The maximum atomic E-state index is 13.3. The van der Waals surface area contributed by atoms with E-state index in [2.05, 4.69) is 5.16 Å². The van der Waals surface area contributed by atoms with Gasteiger partial charge < -0.3 is 19.1 Å². The topological polar surface area (TPSA) is 75.9 Å². The van der Waals surface area contributed by atoms with Gasteiger partial charge in [-0.25, -0.2) is 4.39 Å². The van der Waals surface area contributed by atoms with Crippen LogP contribution in [0.25, 0.3) is 11.3 Å². The molecule has 1 atom stereocenters. The molecule has 1 fully saturated rings. The number of halogens is 1. The molecule has 1 unspecified atom stereocenters. The van der Waals surface area contributed by atoms with Crippen LogP contribution in [0.15, 0.2) is 53.1 Å². The van der Waals surface area contributed by atoms with Crippen molar-refractivity contribution in [3.8, 4) is 17.1 Å². The molecule has 7 nitrogen and oxygen atoms in total. The second kappa shape index (κ2) is 8.11. The van der Waals surface area contributed by atoms with E-state index in [-0.39, 0.29) is 24.1 Å². The molecule has 2 aliphatic heterocycles. The number of ether oxygens (including phenoxy) is 1. The first-order valence-electron chi connectivity index (χ1n) is 10.5. The van der Waals surface area contributed by atoms with Gasteiger partial charge in [-0.2, -0.15) is 0 Å². The van der Waals surface area contributed by atoms with Crippen molar-refractivity contribution < 1.29 is 23.2 Å². The highest BCUT2D eigenvalue weighted by Gasteiger charge is 2.38. The van der Waals surface area contributed by atoms with Crippen LogP contribution in [0.4, 0.5) is 10.1 Å². The number of aromatic nitrogens is 1. The highest BCUT2D eigenvalue weighted by Crippen LogP contribution is 2.33. The van der Waals surface area contributed by atoms with Gasteiger partial charge >= 0.3 is 0 Å². The van der Waals surface area contributed by atoms with Crippen molar-refractivity contribution in [3.05, 3.63) is 65.6 Å². The predicted octanol–water partition coefficient (Wildman–Crippen LogP) is 3.43. The van der Waals surface area contributed by atoms with Gasteiger partial charge in [0, 0.05) is 42.7 Å². The highest BCUT2D eigenvalue weighted by atomic mass is 19.1. The molecule has 0 saturated carbocycles. The lowest BCUT2D eigenvalue weighted by molar-refractivity contribution is -0.136. The number of amides is 2. The molecule has 5 rings (SSSR count). The summed E-state index contributed by atoms with van der Waals surface area (Å²) < 4.78 is 24.0. The van der Waals surface area contributed by atoms with Crippen LogP contribution in [-0.2, 0) is 22.6 Å². The van der Waals surface area contributed by atoms with Crippen molar-refractivity contribution in [2.75, 3.05) is 25.1 Å². The second-order valence-electron chi connectivity index (χ2n) is 8.06. The molecule has 2 aliphatic rings. The molecule has 1 aromatic heterocycles. The molecule has 3 heterocycles. The van der Waals surface area contributed by atoms with Crippen LogP contribution < -0.4 is 9.64 Å². The zero-order valence-electron chi connectivity index (χ0n) is 17.6. The van der Waals surface area contributed by atoms with E-state index >= 15 is 0 Å².